The van der Waals surface area contributed by atoms with Crippen molar-refractivity contribution in [2.75, 3.05) is 7.11 Å². The van der Waals surface area contributed by atoms with Gasteiger partial charge in [-0.05, 0) is 70.5 Å². The van der Waals surface area contributed by atoms with Crippen LogP contribution in [0.2, 0.25) is 5.02 Å². The van der Waals surface area contributed by atoms with Gasteiger partial charge in [0.1, 0.15) is 5.75 Å². The lowest BCUT2D eigenvalue weighted by Gasteiger charge is -2.35. The van der Waals surface area contributed by atoms with Gasteiger partial charge in [-0.15, -0.1) is 0 Å². The summed E-state index contributed by atoms with van der Waals surface area (Å²) in [6, 6.07) is 10.3. The lowest BCUT2D eigenvalue weighted by molar-refractivity contribution is 0.0358. The van der Waals surface area contributed by atoms with E-state index in [-0.39, 0.29) is 11.8 Å². The molecule has 0 radical (unpaired) electrons. The van der Waals surface area contributed by atoms with E-state index in [2.05, 4.69) is 5.43 Å². The van der Waals surface area contributed by atoms with Crippen molar-refractivity contribution in [1.29, 1.82) is 0 Å². The molecule has 2 amide bonds. The predicted molar refractivity (Wildman–Crippen MR) is 107 cm³/mol. The third-order valence-electron chi connectivity index (χ3n) is 4.12. The third kappa shape index (κ3) is 4.80. The van der Waals surface area contributed by atoms with Gasteiger partial charge in [-0.2, -0.15) is 0 Å². The largest absolute Gasteiger partial charge is 0.496 e. The smallest absolute Gasteiger partial charge is 0.272 e. The molecular formula is C21H25ClN2O3. The van der Waals surface area contributed by atoms with Gasteiger partial charge in [0.05, 0.1) is 12.6 Å². The van der Waals surface area contributed by atoms with E-state index in [1.807, 2.05) is 27.7 Å². The number of aryl methyl sites for hydroxylation is 1. The number of nitrogens with zero attached hydrogens (tertiary/aromatic N) is 1. The first kappa shape index (κ1) is 20.8. The van der Waals surface area contributed by atoms with Crippen LogP contribution in [0.3, 0.4) is 0 Å². The van der Waals surface area contributed by atoms with Gasteiger partial charge in [0.25, 0.3) is 11.8 Å². The molecule has 5 nitrogen and oxygen atoms in total. The second-order valence-electron chi connectivity index (χ2n) is 7.40. The van der Waals surface area contributed by atoms with Crippen molar-refractivity contribution in [3.05, 3.63) is 63.7 Å². The lowest BCUT2D eigenvalue weighted by atomic mass is 10.0. The first-order valence-electron chi connectivity index (χ1n) is 8.61. The third-order valence-corrected chi connectivity index (χ3v) is 4.34. The van der Waals surface area contributed by atoms with Crippen molar-refractivity contribution in [3.8, 4) is 5.75 Å². The fraction of sp³-hybridized carbons (Fsp3) is 0.333. The minimum Gasteiger partial charge on any atom is -0.496 e. The molecule has 27 heavy (non-hydrogen) atoms. The van der Waals surface area contributed by atoms with Crippen LogP contribution < -0.4 is 10.2 Å². The molecular weight excluding hydrogens is 364 g/mol. The highest BCUT2D eigenvalue weighted by atomic mass is 35.5. The Kier molecular flexibility index (Phi) is 6.16. The average Bonchev–Trinajstić information content (AvgIpc) is 2.57. The molecule has 0 aliphatic rings. The maximum Gasteiger partial charge on any atom is 0.272 e. The average molecular weight is 389 g/mol. The molecule has 0 heterocycles. The van der Waals surface area contributed by atoms with E-state index in [4.69, 9.17) is 16.3 Å². The van der Waals surface area contributed by atoms with Crippen molar-refractivity contribution >= 4 is 23.4 Å². The topological polar surface area (TPSA) is 58.6 Å². The molecule has 0 atom stereocenters. The van der Waals surface area contributed by atoms with Crippen LogP contribution in [0.25, 0.3) is 0 Å². The highest BCUT2D eigenvalue weighted by molar-refractivity contribution is 6.31. The van der Waals surface area contributed by atoms with E-state index < -0.39 is 5.54 Å². The minimum atomic E-state index is -0.643. The van der Waals surface area contributed by atoms with Gasteiger partial charge >= 0.3 is 0 Å². The van der Waals surface area contributed by atoms with Crippen LogP contribution in [0.15, 0.2) is 36.4 Å². The zero-order valence-electron chi connectivity index (χ0n) is 16.5. The van der Waals surface area contributed by atoms with Crippen molar-refractivity contribution < 1.29 is 14.3 Å². The lowest BCUT2D eigenvalue weighted by Crippen LogP contribution is -2.56. The molecule has 0 saturated carbocycles. The molecule has 0 aromatic heterocycles. The summed E-state index contributed by atoms with van der Waals surface area (Å²) >= 11 is 6.10. The second kappa shape index (κ2) is 8.01. The molecule has 2 aromatic carbocycles. The molecule has 1 N–H and O–H groups in total. The van der Waals surface area contributed by atoms with Gasteiger partial charge in [0.2, 0.25) is 0 Å². The molecule has 2 aromatic rings. The maximum atomic E-state index is 13.1. The first-order chi connectivity index (χ1) is 12.5. The number of carbonyl (C=O) groups excluding carboxylic acids is 2. The summed E-state index contributed by atoms with van der Waals surface area (Å²) in [4.78, 5) is 26.0. The van der Waals surface area contributed by atoms with Crippen molar-refractivity contribution in [1.82, 2.24) is 10.4 Å². The summed E-state index contributed by atoms with van der Waals surface area (Å²) in [5, 5.41) is 1.81. The number of ether oxygens (including phenoxy) is 1. The molecule has 144 valence electrons. The Balaban J connectivity index is 2.38. The van der Waals surface area contributed by atoms with Gasteiger partial charge in [-0.3, -0.25) is 15.0 Å². The van der Waals surface area contributed by atoms with E-state index in [9.17, 15) is 9.59 Å². The number of nitrogens with one attached hydrogen (secondary N) is 1. The number of hydrogen-bond acceptors (Lipinski definition) is 3. The standard InChI is InChI=1S/C21H25ClN2O3/c1-13-10-15(12-16(22)11-13)20(26)24(21(3,4)5)23-19(25)17-8-7-9-18(27-6)14(17)2/h7-12H,1-6H3,(H,23,25). The van der Waals surface area contributed by atoms with E-state index in [0.717, 1.165) is 5.56 Å². The zero-order chi connectivity index (χ0) is 20.4. The Hall–Kier alpha value is -2.53. The number of amides is 2. The quantitative estimate of drug-likeness (QED) is 0.784. The molecule has 0 aliphatic carbocycles. The summed E-state index contributed by atoms with van der Waals surface area (Å²) in [6.07, 6.45) is 0. The van der Waals surface area contributed by atoms with Crippen LogP contribution >= 0.6 is 11.6 Å². The number of rotatable bonds is 3. The van der Waals surface area contributed by atoms with Crippen LogP contribution in [0.5, 0.6) is 5.75 Å². The molecule has 2 rings (SSSR count). The zero-order valence-corrected chi connectivity index (χ0v) is 17.3. The number of hydrogen-bond donors (Lipinski definition) is 1. The number of halogens is 1. The molecule has 0 saturated heterocycles. The fourth-order valence-electron chi connectivity index (χ4n) is 2.76. The Bertz CT molecular complexity index is 852. The highest BCUT2D eigenvalue weighted by Gasteiger charge is 2.30. The number of hydrazine groups is 1. The van der Waals surface area contributed by atoms with Crippen LogP contribution in [-0.4, -0.2) is 29.5 Å². The normalized spacial score (nSPS) is 11.1. The molecule has 0 bridgehead atoms. The summed E-state index contributed by atoms with van der Waals surface area (Å²) < 4.78 is 5.28. The van der Waals surface area contributed by atoms with E-state index >= 15 is 0 Å². The maximum absolute atomic E-state index is 13.1. The summed E-state index contributed by atoms with van der Waals surface area (Å²) in [7, 11) is 1.55. The molecule has 6 heteroatoms. The summed E-state index contributed by atoms with van der Waals surface area (Å²) in [5.41, 5.74) is 4.54. The fourth-order valence-corrected chi connectivity index (χ4v) is 3.05. The Morgan fingerprint density at radius 2 is 1.78 bits per heavy atom. The van der Waals surface area contributed by atoms with E-state index in [1.165, 1.54) is 5.01 Å². The second-order valence-corrected chi connectivity index (χ2v) is 7.84. The van der Waals surface area contributed by atoms with E-state index in [0.29, 0.717) is 27.5 Å². The molecule has 0 spiro atoms. The van der Waals surface area contributed by atoms with Gasteiger partial charge in [-0.1, -0.05) is 17.7 Å². The Morgan fingerprint density at radius 1 is 1.11 bits per heavy atom. The number of benzene rings is 2. The predicted octanol–water partition coefficient (Wildman–Crippen LogP) is 4.55. The summed E-state index contributed by atoms with van der Waals surface area (Å²) in [5.74, 6) is -0.0998. The number of methoxy groups -OCH3 is 1. The molecule has 0 unspecified atom stereocenters. The van der Waals surface area contributed by atoms with Crippen LogP contribution in [-0.2, 0) is 0 Å². The van der Waals surface area contributed by atoms with Crippen LogP contribution in [0.1, 0.15) is 52.6 Å². The minimum absolute atomic E-state index is 0.331. The highest BCUT2D eigenvalue weighted by Crippen LogP contribution is 2.23. The van der Waals surface area contributed by atoms with Gasteiger partial charge in [0, 0.05) is 21.7 Å². The van der Waals surface area contributed by atoms with E-state index in [1.54, 1.807) is 50.4 Å². The SMILES string of the molecule is COc1cccc(C(=O)NN(C(=O)c2cc(C)cc(Cl)c2)C(C)(C)C)c1C. The van der Waals surface area contributed by atoms with Crippen LogP contribution in [0, 0.1) is 13.8 Å². The van der Waals surface area contributed by atoms with Gasteiger partial charge in [0.15, 0.2) is 0 Å². The summed E-state index contributed by atoms with van der Waals surface area (Å²) in [6.45, 7) is 9.21. The van der Waals surface area contributed by atoms with Gasteiger partial charge in [-0.25, -0.2) is 5.01 Å². The van der Waals surface area contributed by atoms with Crippen molar-refractivity contribution in [2.24, 2.45) is 0 Å². The number of carbonyl (C=O) groups is 2. The Morgan fingerprint density at radius 3 is 2.33 bits per heavy atom. The van der Waals surface area contributed by atoms with Crippen molar-refractivity contribution in [2.45, 2.75) is 40.2 Å². The molecule has 0 fully saturated rings. The van der Waals surface area contributed by atoms with Crippen LogP contribution in [0.4, 0.5) is 0 Å². The Labute approximate surface area is 165 Å². The first-order valence-corrected chi connectivity index (χ1v) is 8.98. The monoisotopic (exact) mass is 388 g/mol. The molecule has 0 aliphatic heterocycles. The van der Waals surface area contributed by atoms with Crippen molar-refractivity contribution in [3.63, 3.8) is 0 Å². The van der Waals surface area contributed by atoms with Gasteiger partial charge < -0.3 is 4.74 Å².